The molecular weight excluding hydrogens is 379 g/mol. The summed E-state index contributed by atoms with van der Waals surface area (Å²) in [6.07, 6.45) is 0. The van der Waals surface area contributed by atoms with E-state index < -0.39 is 5.91 Å². The largest absolute Gasteiger partial charge is 0.495 e. The van der Waals surface area contributed by atoms with Crippen LogP contribution >= 0.6 is 47.0 Å². The lowest BCUT2D eigenvalue weighted by atomic mass is 10.2. The van der Waals surface area contributed by atoms with Crippen LogP contribution in [0.4, 0.5) is 5.69 Å². The van der Waals surface area contributed by atoms with Gasteiger partial charge < -0.3 is 10.1 Å². The number of hydrogen-bond donors (Lipinski definition) is 2. The molecule has 0 aliphatic heterocycles. The first-order valence-electron chi connectivity index (χ1n) is 6.31. The Morgan fingerprint density at radius 2 is 1.83 bits per heavy atom. The SMILES string of the molecule is COc1ccc(C(=O)NC(=S)Nc2ccc(Cl)cc2Cl)cc1Cl. The molecule has 2 aromatic rings. The number of carbonyl (C=O) groups excluding carboxylic acids is 1. The van der Waals surface area contributed by atoms with Crippen molar-refractivity contribution in [3.63, 3.8) is 0 Å². The molecule has 0 heterocycles. The van der Waals surface area contributed by atoms with Crippen molar-refractivity contribution in [2.75, 3.05) is 12.4 Å². The van der Waals surface area contributed by atoms with Gasteiger partial charge in [0.2, 0.25) is 0 Å². The summed E-state index contributed by atoms with van der Waals surface area (Å²) in [5.41, 5.74) is 0.885. The monoisotopic (exact) mass is 388 g/mol. The van der Waals surface area contributed by atoms with E-state index in [2.05, 4.69) is 10.6 Å². The van der Waals surface area contributed by atoms with Crippen LogP contribution in [0.2, 0.25) is 15.1 Å². The Hall–Kier alpha value is -1.53. The normalized spacial score (nSPS) is 10.1. The van der Waals surface area contributed by atoms with Crippen LogP contribution in [-0.2, 0) is 0 Å². The molecule has 2 aromatic carbocycles. The van der Waals surface area contributed by atoms with Gasteiger partial charge in [-0.15, -0.1) is 0 Å². The number of thiocarbonyl (C=S) groups is 1. The average molecular weight is 390 g/mol. The van der Waals surface area contributed by atoms with Gasteiger partial charge in [-0.05, 0) is 48.6 Å². The van der Waals surface area contributed by atoms with Crippen molar-refractivity contribution < 1.29 is 9.53 Å². The molecule has 0 unspecified atom stereocenters. The van der Waals surface area contributed by atoms with Crippen LogP contribution in [0.1, 0.15) is 10.4 Å². The maximum atomic E-state index is 12.1. The van der Waals surface area contributed by atoms with E-state index in [1.165, 1.54) is 13.2 Å². The highest BCUT2D eigenvalue weighted by Gasteiger charge is 2.11. The number of halogens is 3. The summed E-state index contributed by atoms with van der Waals surface area (Å²) >= 11 is 22.9. The van der Waals surface area contributed by atoms with E-state index in [-0.39, 0.29) is 5.11 Å². The fourth-order valence-corrected chi connectivity index (χ4v) is 2.64. The third-order valence-corrected chi connectivity index (χ3v) is 3.87. The Bertz CT molecular complexity index is 768. The van der Waals surface area contributed by atoms with E-state index in [1.54, 1.807) is 30.3 Å². The lowest BCUT2D eigenvalue weighted by Crippen LogP contribution is -2.34. The minimum Gasteiger partial charge on any atom is -0.495 e. The Kier molecular flexibility index (Phi) is 6.07. The molecule has 0 bridgehead atoms. The third-order valence-electron chi connectivity index (χ3n) is 2.82. The quantitative estimate of drug-likeness (QED) is 0.742. The topological polar surface area (TPSA) is 50.4 Å². The van der Waals surface area contributed by atoms with E-state index in [1.807, 2.05) is 0 Å². The summed E-state index contributed by atoms with van der Waals surface area (Å²) in [6.45, 7) is 0. The average Bonchev–Trinajstić information content (AvgIpc) is 2.50. The number of hydrogen-bond acceptors (Lipinski definition) is 3. The molecule has 0 aromatic heterocycles. The first-order chi connectivity index (χ1) is 10.9. The van der Waals surface area contributed by atoms with Gasteiger partial charge in [0.05, 0.1) is 22.8 Å². The molecule has 0 fully saturated rings. The molecule has 0 saturated heterocycles. The van der Waals surface area contributed by atoms with Gasteiger partial charge in [0.1, 0.15) is 5.75 Å². The zero-order valence-electron chi connectivity index (χ0n) is 11.8. The van der Waals surface area contributed by atoms with Gasteiger partial charge in [0, 0.05) is 10.6 Å². The fraction of sp³-hybridized carbons (Fsp3) is 0.0667. The number of amides is 1. The summed E-state index contributed by atoms with van der Waals surface area (Å²) in [5, 5.41) is 6.70. The van der Waals surface area contributed by atoms with Gasteiger partial charge in [0.15, 0.2) is 5.11 Å². The molecule has 23 heavy (non-hydrogen) atoms. The summed E-state index contributed by atoms with van der Waals surface area (Å²) in [6, 6.07) is 9.56. The maximum absolute atomic E-state index is 12.1. The highest BCUT2D eigenvalue weighted by molar-refractivity contribution is 7.80. The molecule has 0 atom stereocenters. The first kappa shape index (κ1) is 17.8. The van der Waals surface area contributed by atoms with Crippen molar-refractivity contribution in [3.8, 4) is 5.75 Å². The van der Waals surface area contributed by atoms with Crippen molar-refractivity contribution >= 4 is 63.7 Å². The van der Waals surface area contributed by atoms with Gasteiger partial charge >= 0.3 is 0 Å². The third kappa shape index (κ3) is 4.72. The van der Waals surface area contributed by atoms with E-state index in [0.29, 0.717) is 32.1 Å². The summed E-state index contributed by atoms with van der Waals surface area (Å²) < 4.78 is 5.04. The molecule has 1 amide bonds. The molecular formula is C15H11Cl3N2O2S. The number of anilines is 1. The molecule has 0 radical (unpaired) electrons. The van der Waals surface area contributed by atoms with Crippen LogP contribution < -0.4 is 15.4 Å². The Labute approximate surface area is 153 Å². The van der Waals surface area contributed by atoms with Crippen molar-refractivity contribution in [2.45, 2.75) is 0 Å². The van der Waals surface area contributed by atoms with Gasteiger partial charge in [-0.2, -0.15) is 0 Å². The number of rotatable bonds is 3. The van der Waals surface area contributed by atoms with Crippen LogP contribution in [-0.4, -0.2) is 18.1 Å². The summed E-state index contributed by atoms with van der Waals surface area (Å²) in [5.74, 6) is 0.0778. The molecule has 2 rings (SSSR count). The lowest BCUT2D eigenvalue weighted by Gasteiger charge is -2.11. The molecule has 8 heteroatoms. The van der Waals surface area contributed by atoms with E-state index in [4.69, 9.17) is 51.8 Å². The van der Waals surface area contributed by atoms with Gasteiger partial charge in [-0.3, -0.25) is 10.1 Å². The zero-order valence-corrected chi connectivity index (χ0v) is 14.9. The fourth-order valence-electron chi connectivity index (χ4n) is 1.73. The van der Waals surface area contributed by atoms with Gasteiger partial charge in [0.25, 0.3) is 5.91 Å². The van der Waals surface area contributed by atoms with Crippen molar-refractivity contribution in [1.29, 1.82) is 0 Å². The van der Waals surface area contributed by atoms with Crippen LogP contribution in [0.25, 0.3) is 0 Å². The van der Waals surface area contributed by atoms with Crippen molar-refractivity contribution in [2.24, 2.45) is 0 Å². The number of benzene rings is 2. The summed E-state index contributed by atoms with van der Waals surface area (Å²) in [4.78, 5) is 12.1. The predicted octanol–water partition coefficient (Wildman–Crippen LogP) is 4.78. The second-order valence-electron chi connectivity index (χ2n) is 4.38. The standard InChI is InChI=1S/C15H11Cl3N2O2S/c1-22-13-5-2-8(6-11(13)18)14(21)20-15(23)19-12-4-3-9(16)7-10(12)17/h2-7H,1H3,(H2,19,20,21,23). The highest BCUT2D eigenvalue weighted by atomic mass is 35.5. The summed E-state index contributed by atoms with van der Waals surface area (Å²) in [7, 11) is 1.50. The Morgan fingerprint density at radius 3 is 2.43 bits per heavy atom. The van der Waals surface area contributed by atoms with Gasteiger partial charge in [-0.25, -0.2) is 0 Å². The molecule has 4 nitrogen and oxygen atoms in total. The van der Waals surface area contributed by atoms with Crippen LogP contribution in [0.15, 0.2) is 36.4 Å². The van der Waals surface area contributed by atoms with Crippen LogP contribution in [0.3, 0.4) is 0 Å². The first-order valence-corrected chi connectivity index (χ1v) is 7.86. The number of nitrogens with one attached hydrogen (secondary N) is 2. The van der Waals surface area contributed by atoms with E-state index >= 15 is 0 Å². The molecule has 2 N–H and O–H groups in total. The lowest BCUT2D eigenvalue weighted by molar-refractivity contribution is 0.0977. The highest BCUT2D eigenvalue weighted by Crippen LogP contribution is 2.26. The van der Waals surface area contributed by atoms with E-state index in [9.17, 15) is 4.79 Å². The molecule has 0 aliphatic rings. The molecule has 120 valence electrons. The van der Waals surface area contributed by atoms with Crippen molar-refractivity contribution in [1.82, 2.24) is 5.32 Å². The molecule has 0 spiro atoms. The van der Waals surface area contributed by atoms with E-state index in [0.717, 1.165) is 0 Å². The minimum absolute atomic E-state index is 0.103. The van der Waals surface area contributed by atoms with Crippen LogP contribution in [0.5, 0.6) is 5.75 Å². The van der Waals surface area contributed by atoms with Crippen LogP contribution in [0, 0.1) is 0 Å². The predicted molar refractivity (Wildman–Crippen MR) is 98.2 cm³/mol. The van der Waals surface area contributed by atoms with Crippen molar-refractivity contribution in [3.05, 3.63) is 57.0 Å². The molecule has 0 saturated carbocycles. The maximum Gasteiger partial charge on any atom is 0.257 e. The number of methoxy groups -OCH3 is 1. The second-order valence-corrected chi connectivity index (χ2v) is 6.04. The minimum atomic E-state index is -0.405. The molecule has 0 aliphatic carbocycles. The number of carbonyl (C=O) groups is 1. The Balaban J connectivity index is 2.05. The number of ether oxygens (including phenoxy) is 1. The van der Waals surface area contributed by atoms with Gasteiger partial charge in [-0.1, -0.05) is 34.8 Å². The zero-order chi connectivity index (χ0) is 17.0. The second kappa shape index (κ2) is 7.84. The smallest absolute Gasteiger partial charge is 0.257 e. The Morgan fingerprint density at radius 1 is 1.09 bits per heavy atom.